The van der Waals surface area contributed by atoms with Gasteiger partial charge in [0, 0.05) is 6.92 Å². The van der Waals surface area contributed by atoms with Crippen LogP contribution in [0.1, 0.15) is 42.0 Å². The van der Waals surface area contributed by atoms with Gasteiger partial charge in [-0.2, -0.15) is 5.26 Å². The largest absolute Gasteiger partial charge is 0.461 e. The van der Waals surface area contributed by atoms with E-state index in [1.807, 2.05) is 19.0 Å². The predicted octanol–water partition coefficient (Wildman–Crippen LogP) is 3.76. The minimum atomic E-state index is -1.41. The molecule has 2 aromatic rings. The average Bonchev–Trinajstić information content (AvgIpc) is 2.66. The first-order chi connectivity index (χ1) is 13.3. The number of carbonyl (C=O) groups is 1. The summed E-state index contributed by atoms with van der Waals surface area (Å²) in [5.41, 5.74) is 0.624. The van der Waals surface area contributed by atoms with Crippen LogP contribution in [0.3, 0.4) is 0 Å². The van der Waals surface area contributed by atoms with Crippen LogP contribution in [0.2, 0.25) is 0 Å². The molecule has 5 nitrogen and oxygen atoms in total. The zero-order valence-corrected chi connectivity index (χ0v) is 17.6. The molecule has 1 atom stereocenters. The molecule has 156 valence electrons. The van der Waals surface area contributed by atoms with Gasteiger partial charge in [-0.25, -0.2) is 4.39 Å². The lowest BCUT2D eigenvalue weighted by Gasteiger charge is -2.32. The van der Waals surface area contributed by atoms with Crippen LogP contribution < -0.4 is 0 Å². The maximum absolute atomic E-state index is 13.4. The molecule has 0 radical (unpaired) electrons. The van der Waals surface area contributed by atoms with Crippen LogP contribution in [0.5, 0.6) is 0 Å². The van der Waals surface area contributed by atoms with Crippen molar-refractivity contribution in [3.8, 4) is 6.07 Å². The van der Waals surface area contributed by atoms with Crippen LogP contribution in [0, 0.1) is 17.1 Å². The summed E-state index contributed by atoms with van der Waals surface area (Å²) in [6.45, 7) is 2.01. The highest BCUT2D eigenvalue weighted by molar-refractivity contribution is 5.85. The van der Waals surface area contributed by atoms with Crippen LogP contribution >= 0.6 is 12.4 Å². The highest BCUT2D eigenvalue weighted by Gasteiger charge is 2.33. The summed E-state index contributed by atoms with van der Waals surface area (Å²) in [5.74, 6) is -0.842. The van der Waals surface area contributed by atoms with Crippen molar-refractivity contribution >= 4 is 18.4 Å². The molecule has 0 aliphatic heterocycles. The normalized spacial score (nSPS) is 12.6. The summed E-state index contributed by atoms with van der Waals surface area (Å²) < 4.78 is 18.6. The second-order valence-corrected chi connectivity index (χ2v) is 7.04. The van der Waals surface area contributed by atoms with Crippen molar-refractivity contribution in [2.45, 2.75) is 32.0 Å². The Morgan fingerprint density at radius 1 is 1.24 bits per heavy atom. The van der Waals surface area contributed by atoms with Crippen molar-refractivity contribution in [1.82, 2.24) is 4.90 Å². The fourth-order valence-electron chi connectivity index (χ4n) is 3.18. The summed E-state index contributed by atoms with van der Waals surface area (Å²) in [4.78, 5) is 13.3. The molecule has 0 bridgehead atoms. The standard InChI is InChI=1S/C22H25FN2O3.ClH/c1-16(26)28-15-18-13-17(14-24)5-10-21(18)22(27,11-4-12-25(2)3)19-6-8-20(23)9-7-19;/h5-10,13,27H,4,11-12,15H2,1-3H3;1H/t22-;/m0./s1. The third-order valence-electron chi connectivity index (χ3n) is 4.58. The van der Waals surface area contributed by atoms with E-state index in [2.05, 4.69) is 6.07 Å². The number of aliphatic hydroxyl groups is 1. The van der Waals surface area contributed by atoms with E-state index in [0.717, 1.165) is 6.54 Å². The number of nitrogens with zero attached hydrogens (tertiary/aromatic N) is 2. The highest BCUT2D eigenvalue weighted by Crippen LogP contribution is 2.37. The van der Waals surface area contributed by atoms with Crippen LogP contribution in [-0.2, 0) is 21.7 Å². The Balaban J connectivity index is 0.00000420. The third kappa shape index (κ3) is 6.53. The Morgan fingerprint density at radius 2 is 1.90 bits per heavy atom. The summed E-state index contributed by atoms with van der Waals surface area (Å²) >= 11 is 0. The van der Waals surface area contributed by atoms with Gasteiger partial charge in [-0.3, -0.25) is 4.79 Å². The monoisotopic (exact) mass is 420 g/mol. The van der Waals surface area contributed by atoms with Gasteiger partial charge in [-0.05, 0) is 74.4 Å². The van der Waals surface area contributed by atoms with Crippen LogP contribution in [-0.4, -0.2) is 36.6 Å². The fraction of sp³-hybridized carbons (Fsp3) is 0.364. The minimum absolute atomic E-state index is 0. The topological polar surface area (TPSA) is 73.6 Å². The van der Waals surface area contributed by atoms with Crippen molar-refractivity contribution in [2.75, 3.05) is 20.6 Å². The number of ether oxygens (including phenoxy) is 1. The highest BCUT2D eigenvalue weighted by atomic mass is 35.5. The maximum atomic E-state index is 13.4. The SMILES string of the molecule is CC(=O)OCc1cc(C#N)ccc1[C@](O)(CCCN(C)C)c1ccc(F)cc1.Cl. The van der Waals surface area contributed by atoms with Crippen molar-refractivity contribution in [2.24, 2.45) is 0 Å². The molecule has 0 aliphatic carbocycles. The lowest BCUT2D eigenvalue weighted by atomic mass is 9.80. The van der Waals surface area contributed by atoms with E-state index < -0.39 is 11.6 Å². The van der Waals surface area contributed by atoms with Gasteiger partial charge in [0.1, 0.15) is 18.0 Å². The number of esters is 1. The van der Waals surface area contributed by atoms with Crippen LogP contribution in [0.15, 0.2) is 42.5 Å². The van der Waals surface area contributed by atoms with Gasteiger partial charge >= 0.3 is 5.97 Å². The number of carbonyl (C=O) groups excluding carboxylic acids is 1. The van der Waals surface area contributed by atoms with Gasteiger partial charge in [0.25, 0.3) is 0 Å². The second-order valence-electron chi connectivity index (χ2n) is 7.04. The van der Waals surface area contributed by atoms with Crippen LogP contribution in [0.4, 0.5) is 4.39 Å². The van der Waals surface area contributed by atoms with E-state index in [1.54, 1.807) is 30.3 Å². The van der Waals surface area contributed by atoms with Gasteiger partial charge in [0.05, 0.1) is 11.6 Å². The van der Waals surface area contributed by atoms with Crippen LogP contribution in [0.25, 0.3) is 0 Å². The van der Waals surface area contributed by atoms with E-state index >= 15 is 0 Å². The van der Waals surface area contributed by atoms with E-state index in [0.29, 0.717) is 35.1 Å². The number of hydrogen-bond donors (Lipinski definition) is 1. The summed E-state index contributed by atoms with van der Waals surface area (Å²) in [7, 11) is 3.90. The molecule has 0 spiro atoms. The Labute approximate surface area is 177 Å². The predicted molar refractivity (Wildman–Crippen MR) is 111 cm³/mol. The molecular weight excluding hydrogens is 395 g/mol. The number of nitriles is 1. The molecular formula is C22H26ClFN2O3. The Kier molecular flexibility index (Phi) is 9.25. The van der Waals surface area contributed by atoms with Crippen molar-refractivity contribution < 1.29 is 19.0 Å². The summed E-state index contributed by atoms with van der Waals surface area (Å²) in [5, 5.41) is 20.9. The molecule has 0 unspecified atom stereocenters. The molecule has 29 heavy (non-hydrogen) atoms. The lowest BCUT2D eigenvalue weighted by Crippen LogP contribution is -2.30. The van der Waals surface area contributed by atoms with E-state index in [9.17, 15) is 19.6 Å². The first-order valence-electron chi connectivity index (χ1n) is 9.06. The van der Waals surface area contributed by atoms with E-state index in [4.69, 9.17) is 4.74 Å². The first-order valence-corrected chi connectivity index (χ1v) is 9.06. The Morgan fingerprint density at radius 3 is 2.45 bits per heavy atom. The minimum Gasteiger partial charge on any atom is -0.461 e. The van der Waals surface area contributed by atoms with Gasteiger partial charge in [0.2, 0.25) is 0 Å². The molecule has 0 aliphatic rings. The Bertz CT molecular complexity index is 865. The first kappa shape index (κ1) is 24.6. The van der Waals surface area contributed by atoms with Gasteiger partial charge in [0.15, 0.2) is 0 Å². The van der Waals surface area contributed by atoms with Crippen molar-refractivity contribution in [1.29, 1.82) is 5.26 Å². The zero-order valence-electron chi connectivity index (χ0n) is 16.8. The van der Waals surface area contributed by atoms with Gasteiger partial charge in [-0.1, -0.05) is 18.2 Å². The number of halogens is 2. The molecule has 7 heteroatoms. The summed E-state index contributed by atoms with van der Waals surface area (Å²) in [6, 6.07) is 12.7. The van der Waals surface area contributed by atoms with E-state index in [-0.39, 0.29) is 24.8 Å². The van der Waals surface area contributed by atoms with Gasteiger partial charge < -0.3 is 14.7 Å². The number of benzene rings is 2. The zero-order chi connectivity index (χ0) is 20.7. The maximum Gasteiger partial charge on any atom is 0.302 e. The summed E-state index contributed by atoms with van der Waals surface area (Å²) in [6.07, 6.45) is 1.07. The van der Waals surface area contributed by atoms with E-state index in [1.165, 1.54) is 19.1 Å². The fourth-order valence-corrected chi connectivity index (χ4v) is 3.18. The van der Waals surface area contributed by atoms with Gasteiger partial charge in [-0.15, -0.1) is 12.4 Å². The number of rotatable bonds is 8. The quantitative estimate of drug-likeness (QED) is 0.658. The average molecular weight is 421 g/mol. The molecule has 0 heterocycles. The molecule has 2 aromatic carbocycles. The third-order valence-corrected chi connectivity index (χ3v) is 4.58. The molecule has 0 aromatic heterocycles. The van der Waals surface area contributed by atoms with Crippen molar-refractivity contribution in [3.63, 3.8) is 0 Å². The lowest BCUT2D eigenvalue weighted by molar-refractivity contribution is -0.142. The Hall–Kier alpha value is -2.46. The molecule has 1 N–H and O–H groups in total. The molecule has 0 saturated carbocycles. The van der Waals surface area contributed by atoms with Crippen molar-refractivity contribution in [3.05, 3.63) is 70.5 Å². The smallest absolute Gasteiger partial charge is 0.302 e. The molecule has 0 amide bonds. The molecule has 0 fully saturated rings. The number of hydrogen-bond acceptors (Lipinski definition) is 5. The molecule has 2 rings (SSSR count). The molecule has 0 saturated heterocycles. The second kappa shape index (κ2) is 10.9.